The first kappa shape index (κ1) is 14.8. The molecule has 2 rings (SSSR count). The highest BCUT2D eigenvalue weighted by Crippen LogP contribution is 2.24. The summed E-state index contributed by atoms with van der Waals surface area (Å²) in [4.78, 5) is 24.6. The number of hydrogen-bond acceptors (Lipinski definition) is 3. The largest absolute Gasteiger partial charge is 0.450 e. The number of carbonyl (C=O) groups excluding carboxylic acids is 2. The van der Waals surface area contributed by atoms with Crippen molar-refractivity contribution in [3.63, 3.8) is 0 Å². The van der Waals surface area contributed by atoms with E-state index in [1.807, 2.05) is 6.08 Å². The van der Waals surface area contributed by atoms with Gasteiger partial charge in [0.1, 0.15) is 5.70 Å². The van der Waals surface area contributed by atoms with Crippen LogP contribution in [0.3, 0.4) is 0 Å². The molecule has 0 spiro atoms. The van der Waals surface area contributed by atoms with Gasteiger partial charge in [0.05, 0.1) is 0 Å². The maximum atomic E-state index is 12.4. The number of hydrogen-bond donors (Lipinski definition) is 0. The number of azo groups is 2. The molecular formula is C16H23N2O2+. The first-order valence-electron chi connectivity index (χ1n) is 7.61. The Balaban J connectivity index is 2.05. The van der Waals surface area contributed by atoms with E-state index in [-0.39, 0.29) is 17.7 Å². The van der Waals surface area contributed by atoms with Gasteiger partial charge in [0, 0.05) is 12.8 Å². The molecule has 0 N–H and O–H groups in total. The van der Waals surface area contributed by atoms with Gasteiger partial charge >= 0.3 is 5.91 Å². The number of Topliss-reactive ketones (excluding diaryl/α,β-unsaturated/α-hetero) is 1. The maximum absolute atomic E-state index is 12.4. The Hall–Kier alpha value is -1.58. The summed E-state index contributed by atoms with van der Waals surface area (Å²) < 4.78 is 1.50. The Bertz CT molecular complexity index is 501. The summed E-state index contributed by atoms with van der Waals surface area (Å²) in [6, 6.07) is 0.0205. The van der Waals surface area contributed by atoms with Crippen molar-refractivity contribution < 1.29 is 14.3 Å². The fourth-order valence-electron chi connectivity index (χ4n) is 2.73. The zero-order valence-corrected chi connectivity index (χ0v) is 12.4. The summed E-state index contributed by atoms with van der Waals surface area (Å²) in [6.07, 6.45) is 10.6. The number of unbranched alkanes of at least 4 members (excludes halogenated alkanes) is 2. The van der Waals surface area contributed by atoms with Crippen LogP contribution in [-0.4, -0.2) is 22.4 Å². The molecule has 1 aliphatic carbocycles. The lowest BCUT2D eigenvalue weighted by Crippen LogP contribution is -2.30. The van der Waals surface area contributed by atoms with Gasteiger partial charge in [-0.2, -0.15) is 0 Å². The predicted octanol–water partition coefficient (Wildman–Crippen LogP) is 3.52. The smallest absolute Gasteiger partial charge is 0.294 e. The number of carbonyl (C=O) groups is 2. The van der Waals surface area contributed by atoms with Crippen LogP contribution in [0.25, 0.3) is 0 Å². The fraction of sp³-hybridized carbons (Fsp3) is 0.625. The lowest BCUT2D eigenvalue weighted by atomic mass is 10.0. The summed E-state index contributed by atoms with van der Waals surface area (Å²) in [7, 11) is 0. The molecule has 0 saturated heterocycles. The SMILES string of the molecule is CCCCCC(=O)C1=C(C)N=[N+](C2C=CCCC2)C1=O. The van der Waals surface area contributed by atoms with Gasteiger partial charge in [0.15, 0.2) is 11.4 Å². The first-order valence-corrected chi connectivity index (χ1v) is 7.61. The molecule has 0 aromatic heterocycles. The van der Waals surface area contributed by atoms with Gasteiger partial charge in [-0.1, -0.05) is 25.8 Å². The van der Waals surface area contributed by atoms with Crippen LogP contribution < -0.4 is 0 Å². The minimum Gasteiger partial charge on any atom is -0.294 e. The van der Waals surface area contributed by atoms with Crippen LogP contribution in [0, 0.1) is 0 Å². The monoisotopic (exact) mass is 275 g/mol. The molecule has 20 heavy (non-hydrogen) atoms. The van der Waals surface area contributed by atoms with Gasteiger partial charge in [-0.05, 0) is 42.1 Å². The Kier molecular flexibility index (Phi) is 4.99. The minimum atomic E-state index is -0.208. The molecule has 0 fully saturated rings. The Labute approximate surface area is 120 Å². The standard InChI is InChI=1S/C16H23N2O2/c1-3-4-6-11-14(19)15-12(2)17-18(16(15)20)13-9-7-5-8-10-13/h7,9,13H,3-6,8,10-11H2,1-2H3/q+1. The minimum absolute atomic E-state index is 0.0205. The van der Waals surface area contributed by atoms with E-state index in [9.17, 15) is 9.59 Å². The molecule has 1 aliphatic heterocycles. The van der Waals surface area contributed by atoms with Crippen molar-refractivity contribution in [2.45, 2.75) is 64.8 Å². The molecule has 0 aromatic carbocycles. The molecule has 1 heterocycles. The number of allylic oxidation sites excluding steroid dienone is 2. The zero-order valence-electron chi connectivity index (χ0n) is 12.4. The van der Waals surface area contributed by atoms with Crippen LogP contribution in [0.4, 0.5) is 0 Å². The maximum Gasteiger partial charge on any atom is 0.450 e. The van der Waals surface area contributed by atoms with Crippen LogP contribution in [0.1, 0.15) is 58.8 Å². The van der Waals surface area contributed by atoms with Gasteiger partial charge in [-0.15, -0.1) is 0 Å². The Morgan fingerprint density at radius 1 is 1.45 bits per heavy atom. The number of nitrogens with zero attached hydrogens (tertiary/aromatic N) is 2. The molecule has 0 radical (unpaired) electrons. The molecule has 1 unspecified atom stereocenters. The third-order valence-corrected chi connectivity index (χ3v) is 3.87. The fourth-order valence-corrected chi connectivity index (χ4v) is 2.73. The van der Waals surface area contributed by atoms with Gasteiger partial charge in [0.25, 0.3) is 0 Å². The average molecular weight is 275 g/mol. The molecule has 0 saturated carbocycles. The van der Waals surface area contributed by atoms with Crippen molar-refractivity contribution >= 4 is 11.7 Å². The van der Waals surface area contributed by atoms with E-state index < -0.39 is 0 Å². The lowest BCUT2D eigenvalue weighted by molar-refractivity contribution is -0.531. The summed E-state index contributed by atoms with van der Waals surface area (Å²) in [5, 5.41) is 4.32. The highest BCUT2D eigenvalue weighted by molar-refractivity contribution is 6.17. The lowest BCUT2D eigenvalue weighted by Gasteiger charge is -2.09. The summed E-state index contributed by atoms with van der Waals surface area (Å²) in [5.74, 6) is -0.257. The normalized spacial score (nSPS) is 22.4. The van der Waals surface area contributed by atoms with E-state index in [1.165, 1.54) is 4.70 Å². The zero-order chi connectivity index (χ0) is 14.5. The Morgan fingerprint density at radius 2 is 2.25 bits per heavy atom. The van der Waals surface area contributed by atoms with E-state index in [1.54, 1.807) is 6.92 Å². The number of ketones is 1. The molecule has 1 amide bonds. The third kappa shape index (κ3) is 3.11. The van der Waals surface area contributed by atoms with Crippen molar-refractivity contribution in [2.24, 2.45) is 5.11 Å². The van der Waals surface area contributed by atoms with E-state index in [0.29, 0.717) is 17.7 Å². The summed E-state index contributed by atoms with van der Waals surface area (Å²) >= 11 is 0. The van der Waals surface area contributed by atoms with Crippen molar-refractivity contribution in [2.75, 3.05) is 0 Å². The third-order valence-electron chi connectivity index (χ3n) is 3.87. The van der Waals surface area contributed by atoms with Gasteiger partial charge in [-0.25, -0.2) is 4.79 Å². The highest BCUT2D eigenvalue weighted by atomic mass is 16.2. The van der Waals surface area contributed by atoms with Crippen LogP contribution in [-0.2, 0) is 9.59 Å². The van der Waals surface area contributed by atoms with Gasteiger partial charge in [-0.3, -0.25) is 4.79 Å². The van der Waals surface area contributed by atoms with Gasteiger partial charge in [0.2, 0.25) is 6.04 Å². The average Bonchev–Trinajstić information content (AvgIpc) is 2.75. The molecule has 4 nitrogen and oxygen atoms in total. The second-order valence-electron chi connectivity index (χ2n) is 5.52. The van der Waals surface area contributed by atoms with E-state index >= 15 is 0 Å². The molecule has 108 valence electrons. The second-order valence-corrected chi connectivity index (χ2v) is 5.52. The molecule has 4 heteroatoms. The van der Waals surface area contributed by atoms with E-state index in [0.717, 1.165) is 38.5 Å². The van der Waals surface area contributed by atoms with Crippen LogP contribution in [0.2, 0.25) is 0 Å². The predicted molar refractivity (Wildman–Crippen MR) is 76.3 cm³/mol. The quantitative estimate of drug-likeness (QED) is 0.322. The van der Waals surface area contributed by atoms with Crippen LogP contribution in [0.15, 0.2) is 28.5 Å². The van der Waals surface area contributed by atoms with Crippen molar-refractivity contribution in [1.82, 2.24) is 0 Å². The molecular weight excluding hydrogens is 252 g/mol. The topological polar surface area (TPSA) is 49.5 Å². The number of rotatable bonds is 6. The second kappa shape index (κ2) is 6.73. The van der Waals surface area contributed by atoms with Crippen molar-refractivity contribution in [1.29, 1.82) is 0 Å². The molecule has 0 bridgehead atoms. The first-order chi connectivity index (χ1) is 9.65. The van der Waals surface area contributed by atoms with Gasteiger partial charge < -0.3 is 0 Å². The summed E-state index contributed by atoms with van der Waals surface area (Å²) in [6.45, 7) is 3.86. The van der Waals surface area contributed by atoms with Crippen molar-refractivity contribution in [3.8, 4) is 0 Å². The van der Waals surface area contributed by atoms with E-state index in [2.05, 4.69) is 18.1 Å². The molecule has 1 atom stereocenters. The van der Waals surface area contributed by atoms with E-state index in [4.69, 9.17) is 0 Å². The summed E-state index contributed by atoms with van der Waals surface area (Å²) in [5.41, 5.74) is 0.885. The van der Waals surface area contributed by atoms with Crippen LogP contribution in [0.5, 0.6) is 0 Å². The molecule has 2 aliphatic rings. The van der Waals surface area contributed by atoms with Crippen molar-refractivity contribution in [3.05, 3.63) is 23.4 Å². The highest BCUT2D eigenvalue weighted by Gasteiger charge is 2.41. The number of amides is 1. The molecule has 0 aromatic rings. The van der Waals surface area contributed by atoms with Crippen LogP contribution >= 0.6 is 0 Å². The Morgan fingerprint density at radius 3 is 2.90 bits per heavy atom.